The van der Waals surface area contributed by atoms with Gasteiger partial charge in [0.2, 0.25) is 0 Å². The fourth-order valence-corrected chi connectivity index (χ4v) is 3.28. The number of rotatable bonds is 5. The number of fused-ring (bicyclic) bond motifs is 1. The molecule has 0 saturated carbocycles. The van der Waals surface area contributed by atoms with Crippen molar-refractivity contribution in [1.29, 1.82) is 0 Å². The molecule has 3 rings (SSSR count). The molecule has 2 aromatic rings. The molecule has 0 amide bonds. The first-order valence-corrected chi connectivity index (χ1v) is 8.65. The molecule has 1 aliphatic rings. The van der Waals surface area contributed by atoms with Gasteiger partial charge in [0, 0.05) is 11.3 Å². The fraction of sp³-hybridized carbons (Fsp3) is 0.412. The summed E-state index contributed by atoms with van der Waals surface area (Å²) in [6.45, 7) is 2.65. The summed E-state index contributed by atoms with van der Waals surface area (Å²) >= 11 is 1.54. The Bertz CT molecular complexity index is 695. The topological polar surface area (TPSA) is 55.0 Å². The zero-order valence-corrected chi connectivity index (χ0v) is 13.5. The highest BCUT2D eigenvalue weighted by Crippen LogP contribution is 2.19. The zero-order valence-electron chi connectivity index (χ0n) is 12.7. The number of aryl methyl sites for hydroxylation is 2. The van der Waals surface area contributed by atoms with Crippen LogP contribution in [0.3, 0.4) is 0 Å². The van der Waals surface area contributed by atoms with E-state index >= 15 is 0 Å². The fourth-order valence-electron chi connectivity index (χ4n) is 2.58. The van der Waals surface area contributed by atoms with Crippen LogP contribution in [0.15, 0.2) is 34.2 Å². The largest absolute Gasteiger partial charge is 0.493 e. The van der Waals surface area contributed by atoms with E-state index in [1.165, 1.54) is 17.3 Å². The van der Waals surface area contributed by atoms with Crippen molar-refractivity contribution in [3.8, 4) is 5.75 Å². The van der Waals surface area contributed by atoms with E-state index < -0.39 is 0 Å². The molecule has 1 N–H and O–H groups in total. The number of nitrogens with one attached hydrogen (secondary N) is 1. The molecule has 0 radical (unpaired) electrons. The number of benzene rings is 1. The van der Waals surface area contributed by atoms with Gasteiger partial charge in [-0.1, -0.05) is 29.5 Å². The lowest BCUT2D eigenvalue weighted by molar-refractivity contribution is 0.344. The molecule has 0 spiro atoms. The minimum atomic E-state index is 0.0339. The summed E-state index contributed by atoms with van der Waals surface area (Å²) < 4.78 is 5.68. The SMILES string of the molecule is Cc1ccc(OCCSc2nc3c(c(=O)[nH]2)CCCC3)cc1. The van der Waals surface area contributed by atoms with Gasteiger partial charge in [0.1, 0.15) is 5.75 Å². The molecular weight excluding hydrogens is 296 g/mol. The van der Waals surface area contributed by atoms with Gasteiger partial charge in [-0.05, 0) is 44.7 Å². The molecule has 0 atom stereocenters. The molecular formula is C17H20N2O2S. The van der Waals surface area contributed by atoms with Crippen LogP contribution in [0.1, 0.15) is 29.7 Å². The van der Waals surface area contributed by atoms with E-state index in [0.717, 1.165) is 48.4 Å². The lowest BCUT2D eigenvalue weighted by Crippen LogP contribution is -2.21. The minimum Gasteiger partial charge on any atom is -0.493 e. The highest BCUT2D eigenvalue weighted by molar-refractivity contribution is 7.99. The van der Waals surface area contributed by atoms with E-state index in [2.05, 4.69) is 16.9 Å². The maximum atomic E-state index is 12.0. The van der Waals surface area contributed by atoms with Crippen molar-refractivity contribution in [2.75, 3.05) is 12.4 Å². The van der Waals surface area contributed by atoms with Crippen LogP contribution in [0.2, 0.25) is 0 Å². The number of nitrogens with zero attached hydrogens (tertiary/aromatic N) is 1. The third-order valence-corrected chi connectivity index (χ3v) is 4.62. The summed E-state index contributed by atoms with van der Waals surface area (Å²) in [7, 11) is 0. The number of hydrogen-bond donors (Lipinski definition) is 1. The van der Waals surface area contributed by atoms with Crippen LogP contribution in [0.5, 0.6) is 5.75 Å². The predicted molar refractivity (Wildman–Crippen MR) is 88.9 cm³/mol. The van der Waals surface area contributed by atoms with E-state index in [9.17, 15) is 4.79 Å². The van der Waals surface area contributed by atoms with E-state index in [1.807, 2.05) is 24.3 Å². The van der Waals surface area contributed by atoms with Crippen LogP contribution < -0.4 is 10.3 Å². The Balaban J connectivity index is 1.54. The summed E-state index contributed by atoms with van der Waals surface area (Å²) in [6, 6.07) is 8.01. The molecule has 0 aliphatic heterocycles. The van der Waals surface area contributed by atoms with Gasteiger partial charge in [-0.2, -0.15) is 0 Å². The van der Waals surface area contributed by atoms with Crippen molar-refractivity contribution < 1.29 is 4.74 Å². The number of hydrogen-bond acceptors (Lipinski definition) is 4. The van der Waals surface area contributed by atoms with E-state index in [1.54, 1.807) is 0 Å². The molecule has 0 fully saturated rings. The number of ether oxygens (including phenoxy) is 1. The van der Waals surface area contributed by atoms with Gasteiger partial charge >= 0.3 is 0 Å². The smallest absolute Gasteiger partial charge is 0.254 e. The predicted octanol–water partition coefficient (Wildman–Crippen LogP) is 3.13. The Kier molecular flexibility index (Phi) is 4.83. The van der Waals surface area contributed by atoms with Crippen molar-refractivity contribution >= 4 is 11.8 Å². The highest BCUT2D eigenvalue weighted by Gasteiger charge is 2.15. The average Bonchev–Trinajstić information content (AvgIpc) is 2.53. The Morgan fingerprint density at radius 2 is 2.00 bits per heavy atom. The van der Waals surface area contributed by atoms with Crippen LogP contribution in [0.25, 0.3) is 0 Å². The maximum Gasteiger partial charge on any atom is 0.254 e. The molecule has 5 heteroatoms. The Morgan fingerprint density at radius 1 is 1.23 bits per heavy atom. The molecule has 22 heavy (non-hydrogen) atoms. The van der Waals surface area contributed by atoms with Crippen LogP contribution in [0, 0.1) is 6.92 Å². The third kappa shape index (κ3) is 3.71. The summed E-state index contributed by atoms with van der Waals surface area (Å²) in [5.41, 5.74) is 3.12. The first-order valence-electron chi connectivity index (χ1n) is 7.67. The van der Waals surface area contributed by atoms with Crippen LogP contribution in [0.4, 0.5) is 0 Å². The number of thioether (sulfide) groups is 1. The lowest BCUT2D eigenvalue weighted by Gasteiger charge is -2.14. The molecule has 1 aromatic carbocycles. The lowest BCUT2D eigenvalue weighted by atomic mass is 9.97. The standard InChI is InChI=1S/C17H20N2O2S/c1-12-6-8-13(9-7-12)21-10-11-22-17-18-15-5-3-2-4-14(15)16(20)19-17/h6-9H,2-5,10-11H2,1H3,(H,18,19,20). The molecule has 1 aromatic heterocycles. The molecule has 4 nitrogen and oxygen atoms in total. The van der Waals surface area contributed by atoms with Gasteiger partial charge in [0.15, 0.2) is 5.16 Å². The summed E-state index contributed by atoms with van der Waals surface area (Å²) in [4.78, 5) is 19.5. The van der Waals surface area contributed by atoms with Gasteiger partial charge in [-0.3, -0.25) is 4.79 Å². The zero-order chi connectivity index (χ0) is 15.4. The first-order chi connectivity index (χ1) is 10.7. The molecule has 0 saturated heterocycles. The molecule has 0 unspecified atom stereocenters. The Morgan fingerprint density at radius 3 is 2.82 bits per heavy atom. The first kappa shape index (κ1) is 15.2. The van der Waals surface area contributed by atoms with Crippen molar-refractivity contribution in [2.45, 2.75) is 37.8 Å². The molecule has 116 valence electrons. The second-order valence-corrected chi connectivity index (χ2v) is 6.60. The molecule has 1 heterocycles. The van der Waals surface area contributed by atoms with E-state index in [4.69, 9.17) is 4.74 Å². The monoisotopic (exact) mass is 316 g/mol. The van der Waals surface area contributed by atoms with Crippen molar-refractivity contribution in [3.63, 3.8) is 0 Å². The summed E-state index contributed by atoms with van der Waals surface area (Å²) in [6.07, 6.45) is 4.00. The molecule has 0 bridgehead atoms. The van der Waals surface area contributed by atoms with E-state index in [-0.39, 0.29) is 5.56 Å². The van der Waals surface area contributed by atoms with Gasteiger partial charge in [0.25, 0.3) is 5.56 Å². The maximum absolute atomic E-state index is 12.0. The van der Waals surface area contributed by atoms with Crippen molar-refractivity contribution in [3.05, 3.63) is 51.4 Å². The average molecular weight is 316 g/mol. The Hall–Kier alpha value is -1.75. The quantitative estimate of drug-likeness (QED) is 0.523. The summed E-state index contributed by atoms with van der Waals surface area (Å²) in [5, 5.41) is 0.707. The second-order valence-electron chi connectivity index (χ2n) is 5.51. The van der Waals surface area contributed by atoms with Crippen LogP contribution in [-0.2, 0) is 12.8 Å². The van der Waals surface area contributed by atoms with E-state index in [0.29, 0.717) is 11.8 Å². The summed E-state index contributed by atoms with van der Waals surface area (Å²) in [5.74, 6) is 1.63. The number of aromatic nitrogens is 2. The van der Waals surface area contributed by atoms with Gasteiger partial charge in [-0.15, -0.1) is 0 Å². The number of H-pyrrole nitrogens is 1. The van der Waals surface area contributed by atoms with Crippen molar-refractivity contribution in [2.24, 2.45) is 0 Å². The van der Waals surface area contributed by atoms with Crippen LogP contribution >= 0.6 is 11.8 Å². The minimum absolute atomic E-state index is 0.0339. The highest BCUT2D eigenvalue weighted by atomic mass is 32.2. The number of aromatic amines is 1. The third-order valence-electron chi connectivity index (χ3n) is 3.78. The van der Waals surface area contributed by atoms with Crippen LogP contribution in [-0.4, -0.2) is 22.3 Å². The normalized spacial score (nSPS) is 13.7. The second kappa shape index (κ2) is 7.01. The van der Waals surface area contributed by atoms with Gasteiger partial charge in [-0.25, -0.2) is 4.98 Å². The van der Waals surface area contributed by atoms with Crippen molar-refractivity contribution in [1.82, 2.24) is 9.97 Å². The molecule has 1 aliphatic carbocycles. The van der Waals surface area contributed by atoms with Gasteiger partial charge < -0.3 is 9.72 Å². The Labute approximate surface area is 134 Å². The van der Waals surface area contributed by atoms with Gasteiger partial charge in [0.05, 0.1) is 12.3 Å².